The van der Waals surface area contributed by atoms with Crippen LogP contribution >= 0.6 is 0 Å². The van der Waals surface area contributed by atoms with E-state index in [9.17, 15) is 14.4 Å². The highest BCUT2D eigenvalue weighted by atomic mass is 16.6. The number of hydrogen-bond donors (Lipinski definition) is 2. The molecule has 11 heteroatoms. The Morgan fingerprint density at radius 2 is 1.78 bits per heavy atom. The number of amides is 3. The predicted octanol–water partition coefficient (Wildman–Crippen LogP) is 4.99. The van der Waals surface area contributed by atoms with Crippen LogP contribution < -0.4 is 5.32 Å². The molecule has 5 heterocycles. The Bertz CT molecular complexity index is 1550. The Kier molecular flexibility index (Phi) is 8.95. The van der Waals surface area contributed by atoms with Gasteiger partial charge in [0.1, 0.15) is 18.6 Å². The maximum Gasteiger partial charge on any atom is 0.411 e. The second-order valence-corrected chi connectivity index (χ2v) is 13.3. The van der Waals surface area contributed by atoms with Crippen molar-refractivity contribution in [2.75, 3.05) is 44.6 Å². The minimum Gasteiger partial charge on any atom is -0.445 e. The molecule has 0 aliphatic carbocycles. The van der Waals surface area contributed by atoms with Crippen molar-refractivity contribution in [3.63, 3.8) is 0 Å². The Morgan fingerprint density at radius 1 is 0.978 bits per heavy atom. The molecule has 46 heavy (non-hydrogen) atoms. The van der Waals surface area contributed by atoms with Crippen LogP contribution in [0.5, 0.6) is 0 Å². The lowest BCUT2D eigenvalue weighted by Crippen LogP contribution is -2.70. The van der Waals surface area contributed by atoms with Gasteiger partial charge in [-0.3, -0.25) is 14.9 Å². The van der Waals surface area contributed by atoms with Crippen LogP contribution in [-0.4, -0.2) is 105 Å². The van der Waals surface area contributed by atoms with Crippen LogP contribution in [0.2, 0.25) is 0 Å². The molecule has 3 fully saturated rings. The molecule has 3 saturated heterocycles. The van der Waals surface area contributed by atoms with E-state index in [1.807, 2.05) is 41.3 Å². The molecular weight excluding hydrogens is 582 g/mol. The number of H-pyrrole nitrogens is 1. The first kappa shape index (κ1) is 30.7. The second-order valence-electron chi connectivity index (χ2n) is 13.3. The number of benzene rings is 2. The molecule has 0 bridgehead atoms. The number of aldehydes is 1. The Morgan fingerprint density at radius 3 is 2.61 bits per heavy atom. The highest BCUT2D eigenvalue weighted by Gasteiger charge is 2.52. The first-order valence-electron chi connectivity index (χ1n) is 17.0. The minimum absolute atomic E-state index is 0.121. The van der Waals surface area contributed by atoms with Crippen LogP contribution in [-0.2, 0) is 22.6 Å². The van der Waals surface area contributed by atoms with Gasteiger partial charge in [0.15, 0.2) is 0 Å². The number of carbonyl (C=O) groups is 3. The summed E-state index contributed by atoms with van der Waals surface area (Å²) in [6.45, 7) is 5.01. The lowest BCUT2D eigenvalue weighted by atomic mass is 9.84. The summed E-state index contributed by atoms with van der Waals surface area (Å²) in [4.78, 5) is 48.9. The van der Waals surface area contributed by atoms with Gasteiger partial charge < -0.3 is 24.6 Å². The van der Waals surface area contributed by atoms with E-state index in [-0.39, 0.29) is 25.1 Å². The molecule has 2 N–H and O–H groups in total. The summed E-state index contributed by atoms with van der Waals surface area (Å²) < 4.78 is 5.98. The van der Waals surface area contributed by atoms with Crippen molar-refractivity contribution < 1.29 is 19.1 Å². The van der Waals surface area contributed by atoms with E-state index in [4.69, 9.17) is 4.74 Å². The zero-order valence-electron chi connectivity index (χ0n) is 26.5. The number of para-hydroxylation sites is 1. The third-order valence-corrected chi connectivity index (χ3v) is 10.8. The van der Waals surface area contributed by atoms with Gasteiger partial charge in [0, 0.05) is 62.2 Å². The number of ether oxygens (including phenoxy) is 1. The van der Waals surface area contributed by atoms with Crippen LogP contribution in [0.25, 0.3) is 10.9 Å². The zero-order chi connectivity index (χ0) is 31.5. The molecule has 3 amide bonds. The summed E-state index contributed by atoms with van der Waals surface area (Å²) in [5.41, 5.74) is 2.90. The number of urea groups is 1. The molecule has 0 spiro atoms. The fourth-order valence-corrected chi connectivity index (χ4v) is 8.33. The van der Waals surface area contributed by atoms with E-state index < -0.39 is 11.8 Å². The van der Waals surface area contributed by atoms with E-state index in [0.29, 0.717) is 32.0 Å². The van der Waals surface area contributed by atoms with E-state index in [1.165, 1.54) is 19.3 Å². The molecule has 2 aromatic carbocycles. The summed E-state index contributed by atoms with van der Waals surface area (Å²) in [6.07, 6.45) is 10.1. The number of hydrogen-bond acceptors (Lipinski definition) is 7. The number of aromatic amines is 1. The van der Waals surface area contributed by atoms with Gasteiger partial charge in [0.25, 0.3) is 0 Å². The molecule has 3 aromatic rings. The standard InChI is InChI=1S/C35H45N7O4/c43-21-14-35(40-17-11-29(12-18-40)39-15-4-1-5-16-39)23-30(41-19-10-27-6-2-3-7-31(27)37-33(41)44)13-20-42(35)34(45)46-25-26-8-9-32-28(22-26)24-36-38-32/h2-3,6-9,21-22,24,29-30H,1,4-5,10-20,23,25H2,(H,36,38)(H,37,44)/t30-,35+/m1/s1. The van der Waals surface area contributed by atoms with Crippen molar-refractivity contribution in [2.24, 2.45) is 0 Å². The number of anilines is 1. The Hall–Kier alpha value is -3.96. The number of carbonyl (C=O) groups excluding carboxylic acids is 3. The molecule has 0 unspecified atom stereocenters. The van der Waals surface area contributed by atoms with Crippen molar-refractivity contribution in [1.82, 2.24) is 29.8 Å². The summed E-state index contributed by atoms with van der Waals surface area (Å²) in [5.74, 6) is 0. The first-order chi connectivity index (χ1) is 22.5. The topological polar surface area (TPSA) is 114 Å². The van der Waals surface area contributed by atoms with Crippen LogP contribution in [0.1, 0.15) is 62.5 Å². The average Bonchev–Trinajstić information content (AvgIpc) is 3.49. The molecule has 1 aromatic heterocycles. The lowest BCUT2D eigenvalue weighted by Gasteiger charge is -2.57. The molecule has 4 aliphatic rings. The number of nitrogens with zero attached hydrogens (tertiary/aromatic N) is 5. The molecule has 2 atom stereocenters. The summed E-state index contributed by atoms with van der Waals surface area (Å²) in [5, 5.41) is 11.1. The van der Waals surface area contributed by atoms with Crippen molar-refractivity contribution in [3.8, 4) is 0 Å². The SMILES string of the molecule is O=CC[C@@]1(N2CCC(N3CCCCC3)CC2)C[C@H](N2CCc3ccccc3NC2=O)CCN1C(=O)OCc1ccc2[nH]ncc2c1. The van der Waals surface area contributed by atoms with Gasteiger partial charge in [-0.05, 0) is 80.9 Å². The van der Waals surface area contributed by atoms with E-state index in [2.05, 4.69) is 31.4 Å². The normalized spacial score (nSPS) is 25.1. The van der Waals surface area contributed by atoms with Crippen molar-refractivity contribution in [2.45, 2.75) is 82.1 Å². The smallest absolute Gasteiger partial charge is 0.411 e. The third kappa shape index (κ3) is 6.10. The number of piperidine rings is 3. The Labute approximate surface area is 270 Å². The fourth-order valence-electron chi connectivity index (χ4n) is 8.33. The number of likely N-dealkylation sites (tertiary alicyclic amines) is 3. The van der Waals surface area contributed by atoms with E-state index in [1.54, 1.807) is 11.1 Å². The molecule has 11 nitrogen and oxygen atoms in total. The summed E-state index contributed by atoms with van der Waals surface area (Å²) >= 11 is 0. The van der Waals surface area contributed by atoms with Crippen LogP contribution in [0.4, 0.5) is 15.3 Å². The number of aromatic nitrogens is 2. The predicted molar refractivity (Wildman–Crippen MR) is 175 cm³/mol. The third-order valence-electron chi connectivity index (χ3n) is 10.8. The molecular formula is C35H45N7O4. The maximum atomic E-state index is 14.0. The lowest BCUT2D eigenvalue weighted by molar-refractivity contribution is -0.128. The van der Waals surface area contributed by atoms with Crippen LogP contribution in [0.3, 0.4) is 0 Å². The second kappa shape index (κ2) is 13.4. The quantitative estimate of drug-likeness (QED) is 0.355. The van der Waals surface area contributed by atoms with Gasteiger partial charge in [-0.1, -0.05) is 30.7 Å². The monoisotopic (exact) mass is 627 g/mol. The van der Waals surface area contributed by atoms with Gasteiger partial charge in [-0.2, -0.15) is 5.10 Å². The molecule has 7 rings (SSSR count). The van der Waals surface area contributed by atoms with Gasteiger partial charge in [-0.25, -0.2) is 9.59 Å². The first-order valence-corrected chi connectivity index (χ1v) is 17.0. The van der Waals surface area contributed by atoms with Crippen LogP contribution in [0, 0.1) is 0 Å². The minimum atomic E-state index is -0.872. The van der Waals surface area contributed by atoms with Gasteiger partial charge in [0.2, 0.25) is 0 Å². The van der Waals surface area contributed by atoms with Crippen molar-refractivity contribution in [1.29, 1.82) is 0 Å². The van der Waals surface area contributed by atoms with Gasteiger partial charge in [-0.15, -0.1) is 0 Å². The highest BCUT2D eigenvalue weighted by molar-refractivity contribution is 5.91. The van der Waals surface area contributed by atoms with Gasteiger partial charge in [0.05, 0.1) is 11.7 Å². The Balaban J connectivity index is 1.13. The van der Waals surface area contributed by atoms with Gasteiger partial charge >= 0.3 is 12.1 Å². The number of nitrogens with one attached hydrogen (secondary N) is 2. The van der Waals surface area contributed by atoms with Crippen molar-refractivity contribution in [3.05, 3.63) is 59.8 Å². The molecule has 244 valence electrons. The number of fused-ring (bicyclic) bond motifs is 2. The molecule has 0 radical (unpaired) electrons. The molecule has 0 saturated carbocycles. The average molecular weight is 628 g/mol. The van der Waals surface area contributed by atoms with E-state index >= 15 is 0 Å². The number of rotatable bonds is 7. The van der Waals surface area contributed by atoms with Crippen molar-refractivity contribution >= 4 is 35.0 Å². The fraction of sp³-hybridized carbons (Fsp3) is 0.543. The maximum absolute atomic E-state index is 14.0. The molecule has 4 aliphatic heterocycles. The van der Waals surface area contributed by atoms with E-state index in [0.717, 1.165) is 79.4 Å². The largest absolute Gasteiger partial charge is 0.445 e. The highest BCUT2D eigenvalue weighted by Crippen LogP contribution is 2.40. The summed E-state index contributed by atoms with van der Waals surface area (Å²) in [6, 6.07) is 14.1. The van der Waals surface area contributed by atoms with Crippen LogP contribution in [0.15, 0.2) is 48.7 Å². The summed E-state index contributed by atoms with van der Waals surface area (Å²) in [7, 11) is 0. The zero-order valence-corrected chi connectivity index (χ0v) is 26.5.